The Morgan fingerprint density at radius 1 is 1.08 bits per heavy atom. The number of ketones is 1. The van der Waals surface area contributed by atoms with Crippen LogP contribution in [0.25, 0.3) is 0 Å². The van der Waals surface area contributed by atoms with Crippen molar-refractivity contribution in [3.05, 3.63) is 69.7 Å². The lowest BCUT2D eigenvalue weighted by Gasteiger charge is -2.03. The molecule has 3 rings (SSSR count). The molecular weight excluding hydrogens is 413 g/mol. The van der Waals surface area contributed by atoms with Gasteiger partial charge in [-0.05, 0) is 18.2 Å². The Hall–Kier alpha value is -1.93. The van der Waals surface area contributed by atoms with E-state index >= 15 is 0 Å². The Bertz CT molecular complexity index is 948. The van der Waals surface area contributed by atoms with Gasteiger partial charge in [0.15, 0.2) is 10.1 Å². The molecule has 0 saturated carbocycles. The third-order valence-electron chi connectivity index (χ3n) is 3.23. The number of Topliss-reactive ketones (excluding diaryl/α,β-unsaturated/α-hetero) is 1. The molecule has 26 heavy (non-hydrogen) atoms. The summed E-state index contributed by atoms with van der Waals surface area (Å²) in [6.45, 7) is 0. The summed E-state index contributed by atoms with van der Waals surface area (Å²) in [5.74, 6) is -0.153. The minimum absolute atomic E-state index is 0.00401. The molecule has 5 nitrogen and oxygen atoms in total. The number of halogens is 2. The van der Waals surface area contributed by atoms with E-state index in [0.29, 0.717) is 25.6 Å². The van der Waals surface area contributed by atoms with Crippen molar-refractivity contribution >= 4 is 63.1 Å². The monoisotopic (exact) mass is 423 g/mol. The summed E-state index contributed by atoms with van der Waals surface area (Å²) in [7, 11) is 0. The van der Waals surface area contributed by atoms with Crippen molar-refractivity contribution in [1.29, 1.82) is 0 Å². The minimum Gasteiger partial charge on any atom is -0.296 e. The summed E-state index contributed by atoms with van der Waals surface area (Å²) in [5, 5.41) is 11.6. The van der Waals surface area contributed by atoms with Gasteiger partial charge < -0.3 is 0 Å². The van der Waals surface area contributed by atoms with Crippen molar-refractivity contribution in [3.63, 3.8) is 0 Å². The SMILES string of the molecule is O=C(CSc1nnc(NC(=O)c2ccc(Cl)cc2Cl)s1)c1ccccc1. The average Bonchev–Trinajstić information content (AvgIpc) is 3.07. The van der Waals surface area contributed by atoms with Gasteiger partial charge in [-0.1, -0.05) is 76.6 Å². The molecule has 0 spiro atoms. The first-order valence-electron chi connectivity index (χ1n) is 7.34. The average molecular weight is 424 g/mol. The van der Waals surface area contributed by atoms with Crippen LogP contribution in [0.2, 0.25) is 10.0 Å². The van der Waals surface area contributed by atoms with Crippen molar-refractivity contribution in [3.8, 4) is 0 Å². The maximum Gasteiger partial charge on any atom is 0.259 e. The molecule has 1 amide bonds. The van der Waals surface area contributed by atoms with Crippen LogP contribution < -0.4 is 5.32 Å². The first kappa shape index (κ1) is 18.8. The normalized spacial score (nSPS) is 10.5. The Kier molecular flexibility index (Phi) is 6.26. The summed E-state index contributed by atoms with van der Waals surface area (Å²) >= 11 is 14.3. The third kappa shape index (κ3) is 4.82. The fraction of sp³-hybridized carbons (Fsp3) is 0.0588. The van der Waals surface area contributed by atoms with Crippen LogP contribution in [-0.4, -0.2) is 27.6 Å². The Morgan fingerprint density at radius 2 is 1.85 bits per heavy atom. The topological polar surface area (TPSA) is 72.0 Å². The van der Waals surface area contributed by atoms with Gasteiger partial charge in [-0.2, -0.15) is 0 Å². The molecule has 0 radical (unpaired) electrons. The van der Waals surface area contributed by atoms with Crippen LogP contribution in [0.3, 0.4) is 0 Å². The van der Waals surface area contributed by atoms with Crippen molar-refractivity contribution < 1.29 is 9.59 Å². The molecule has 0 fully saturated rings. The maximum atomic E-state index is 12.2. The molecule has 3 aromatic rings. The molecule has 0 aliphatic carbocycles. The van der Waals surface area contributed by atoms with E-state index in [-0.39, 0.29) is 16.6 Å². The Morgan fingerprint density at radius 3 is 2.58 bits per heavy atom. The number of hydrogen-bond donors (Lipinski definition) is 1. The van der Waals surface area contributed by atoms with Gasteiger partial charge >= 0.3 is 0 Å². The highest BCUT2D eigenvalue weighted by Gasteiger charge is 2.14. The van der Waals surface area contributed by atoms with E-state index in [1.807, 2.05) is 18.2 Å². The van der Waals surface area contributed by atoms with E-state index in [9.17, 15) is 9.59 Å². The number of carbonyl (C=O) groups is 2. The number of amides is 1. The number of thioether (sulfide) groups is 1. The van der Waals surface area contributed by atoms with E-state index in [1.165, 1.54) is 35.2 Å². The molecule has 0 bridgehead atoms. The summed E-state index contributed by atoms with van der Waals surface area (Å²) in [6, 6.07) is 13.6. The number of carbonyl (C=O) groups excluding carboxylic acids is 2. The molecule has 132 valence electrons. The standard InChI is InChI=1S/C17H11Cl2N3O2S2/c18-11-6-7-12(13(19)8-11)15(24)20-16-21-22-17(26-16)25-9-14(23)10-4-2-1-3-5-10/h1-8H,9H2,(H,20,21,24). The van der Waals surface area contributed by atoms with E-state index in [2.05, 4.69) is 15.5 Å². The highest BCUT2D eigenvalue weighted by molar-refractivity contribution is 8.01. The van der Waals surface area contributed by atoms with Gasteiger partial charge in [0.05, 0.1) is 16.3 Å². The van der Waals surface area contributed by atoms with E-state index in [1.54, 1.807) is 18.2 Å². The number of rotatable bonds is 6. The van der Waals surface area contributed by atoms with Crippen molar-refractivity contribution in [2.75, 3.05) is 11.1 Å². The molecule has 1 N–H and O–H groups in total. The predicted octanol–water partition coefficient (Wildman–Crippen LogP) is 5.07. The lowest BCUT2D eigenvalue weighted by Crippen LogP contribution is -2.12. The van der Waals surface area contributed by atoms with Gasteiger partial charge in [0.25, 0.3) is 5.91 Å². The lowest BCUT2D eigenvalue weighted by atomic mass is 10.2. The van der Waals surface area contributed by atoms with Gasteiger partial charge in [-0.15, -0.1) is 10.2 Å². The zero-order valence-corrected chi connectivity index (χ0v) is 16.3. The fourth-order valence-corrected chi connectivity index (χ4v) is 4.13. The lowest BCUT2D eigenvalue weighted by molar-refractivity contribution is 0.101. The molecule has 0 unspecified atom stereocenters. The van der Waals surface area contributed by atoms with Crippen molar-refractivity contribution in [2.24, 2.45) is 0 Å². The first-order chi connectivity index (χ1) is 12.5. The van der Waals surface area contributed by atoms with Gasteiger partial charge in [0.2, 0.25) is 5.13 Å². The molecule has 0 aliphatic heterocycles. The van der Waals surface area contributed by atoms with Crippen LogP contribution in [0, 0.1) is 0 Å². The number of benzene rings is 2. The number of aromatic nitrogens is 2. The Labute approximate surface area is 167 Å². The van der Waals surface area contributed by atoms with E-state index in [4.69, 9.17) is 23.2 Å². The van der Waals surface area contributed by atoms with Gasteiger partial charge in [-0.3, -0.25) is 14.9 Å². The maximum absolute atomic E-state index is 12.2. The van der Waals surface area contributed by atoms with E-state index in [0.717, 1.165) is 0 Å². The second-order valence-corrected chi connectivity index (χ2v) is 8.07. The molecule has 9 heteroatoms. The summed E-state index contributed by atoms with van der Waals surface area (Å²) in [6.07, 6.45) is 0. The van der Waals surface area contributed by atoms with E-state index < -0.39 is 5.91 Å². The second kappa shape index (κ2) is 8.64. The first-order valence-corrected chi connectivity index (χ1v) is 9.89. The summed E-state index contributed by atoms with van der Waals surface area (Å²) in [4.78, 5) is 24.3. The summed E-state index contributed by atoms with van der Waals surface area (Å²) in [5.41, 5.74) is 0.940. The largest absolute Gasteiger partial charge is 0.296 e. The third-order valence-corrected chi connectivity index (χ3v) is 5.75. The zero-order valence-electron chi connectivity index (χ0n) is 13.1. The molecule has 1 heterocycles. The predicted molar refractivity (Wildman–Crippen MR) is 106 cm³/mol. The highest BCUT2D eigenvalue weighted by atomic mass is 35.5. The molecule has 2 aromatic carbocycles. The quantitative estimate of drug-likeness (QED) is 0.340. The smallest absolute Gasteiger partial charge is 0.259 e. The number of anilines is 1. The van der Waals surface area contributed by atoms with Crippen LogP contribution in [0.15, 0.2) is 52.9 Å². The number of nitrogens with zero attached hydrogens (tertiary/aromatic N) is 2. The highest BCUT2D eigenvalue weighted by Crippen LogP contribution is 2.27. The van der Waals surface area contributed by atoms with Crippen molar-refractivity contribution in [1.82, 2.24) is 10.2 Å². The van der Waals surface area contributed by atoms with Crippen LogP contribution in [-0.2, 0) is 0 Å². The number of nitrogens with one attached hydrogen (secondary N) is 1. The van der Waals surface area contributed by atoms with Crippen LogP contribution in [0.5, 0.6) is 0 Å². The van der Waals surface area contributed by atoms with Crippen LogP contribution in [0.4, 0.5) is 5.13 Å². The zero-order chi connectivity index (χ0) is 18.5. The van der Waals surface area contributed by atoms with Crippen LogP contribution in [0.1, 0.15) is 20.7 Å². The van der Waals surface area contributed by atoms with Crippen LogP contribution >= 0.6 is 46.3 Å². The minimum atomic E-state index is -0.403. The van der Waals surface area contributed by atoms with Gasteiger partial charge in [0, 0.05) is 10.6 Å². The van der Waals surface area contributed by atoms with Crippen molar-refractivity contribution in [2.45, 2.75) is 4.34 Å². The molecule has 0 aliphatic rings. The molecule has 0 atom stereocenters. The second-order valence-electron chi connectivity index (χ2n) is 5.03. The number of hydrogen-bond acceptors (Lipinski definition) is 6. The van der Waals surface area contributed by atoms with Gasteiger partial charge in [-0.25, -0.2) is 0 Å². The molecule has 0 saturated heterocycles. The fourth-order valence-electron chi connectivity index (χ4n) is 1.99. The Balaban J connectivity index is 1.59. The van der Waals surface area contributed by atoms with Gasteiger partial charge in [0.1, 0.15) is 0 Å². The summed E-state index contributed by atoms with van der Waals surface area (Å²) < 4.78 is 0.590. The molecular formula is C17H11Cl2N3O2S2. The molecule has 1 aromatic heterocycles.